The van der Waals surface area contributed by atoms with Gasteiger partial charge >= 0.3 is 5.97 Å². The van der Waals surface area contributed by atoms with Gasteiger partial charge in [-0.15, -0.1) is 0 Å². The number of hydrogen-bond donors (Lipinski definition) is 1. The zero-order valence-corrected chi connectivity index (χ0v) is 23.0. The van der Waals surface area contributed by atoms with Crippen LogP contribution in [0.25, 0.3) is 10.9 Å². The molecular weight excluding hydrogens is 504 g/mol. The Labute approximate surface area is 234 Å². The molecule has 9 nitrogen and oxygen atoms in total. The van der Waals surface area contributed by atoms with Crippen molar-refractivity contribution >= 4 is 22.6 Å². The SMILES string of the molecule is CN1CCN(c2cncc(C(CC(=O)O)n3ncc4cc(OCCc5ccc6c(n5)CCCC6)ccc43)c2)CC1. The van der Waals surface area contributed by atoms with Gasteiger partial charge in [-0.1, -0.05) is 6.07 Å². The lowest BCUT2D eigenvalue weighted by Crippen LogP contribution is -2.44. The first-order valence-corrected chi connectivity index (χ1v) is 14.2. The van der Waals surface area contributed by atoms with Crippen LogP contribution in [0.15, 0.2) is 55.0 Å². The summed E-state index contributed by atoms with van der Waals surface area (Å²) in [6.45, 7) is 4.35. The van der Waals surface area contributed by atoms with E-state index in [9.17, 15) is 9.90 Å². The Hall–Kier alpha value is -3.98. The van der Waals surface area contributed by atoms with Crippen molar-refractivity contribution in [1.82, 2.24) is 24.6 Å². The highest BCUT2D eigenvalue weighted by molar-refractivity contribution is 5.81. The molecular formula is C31H36N6O3. The van der Waals surface area contributed by atoms with Gasteiger partial charge in [0.1, 0.15) is 5.75 Å². The number of carboxylic acids is 1. The monoisotopic (exact) mass is 540 g/mol. The minimum absolute atomic E-state index is 0.0866. The average molecular weight is 541 g/mol. The number of aryl methyl sites for hydroxylation is 2. The molecule has 4 aromatic rings. The van der Waals surface area contributed by atoms with Gasteiger partial charge in [-0.25, -0.2) is 0 Å². The Bertz CT molecular complexity index is 1490. The fraction of sp³-hybridized carbons (Fsp3) is 0.419. The van der Waals surface area contributed by atoms with Crippen molar-refractivity contribution in [3.63, 3.8) is 0 Å². The largest absolute Gasteiger partial charge is 0.493 e. The number of anilines is 1. The van der Waals surface area contributed by atoms with E-state index < -0.39 is 12.0 Å². The highest BCUT2D eigenvalue weighted by atomic mass is 16.5. The maximum atomic E-state index is 11.9. The topological polar surface area (TPSA) is 96.6 Å². The summed E-state index contributed by atoms with van der Waals surface area (Å²) in [5.41, 5.74) is 6.42. The number of rotatable bonds is 9. The van der Waals surface area contributed by atoms with Crippen molar-refractivity contribution in [2.75, 3.05) is 44.7 Å². The standard InChI is InChI=1S/C31H36N6O3/c1-35-11-13-36(14-12-35)26-16-23(19-32-21-26)30(18-31(38)39)37-29-9-8-27(17-24(29)20-33-37)40-15-10-25-7-6-22-4-2-3-5-28(22)34-25/h6-9,16-17,19-21,30H,2-5,10-15,18H2,1H3,(H,38,39). The maximum absolute atomic E-state index is 11.9. The Morgan fingerprint density at radius 3 is 2.73 bits per heavy atom. The fourth-order valence-electron chi connectivity index (χ4n) is 5.79. The van der Waals surface area contributed by atoms with Crippen LogP contribution in [0.1, 0.15) is 47.8 Å². The van der Waals surface area contributed by atoms with Crippen LogP contribution < -0.4 is 9.64 Å². The fourth-order valence-corrected chi connectivity index (χ4v) is 5.79. The van der Waals surface area contributed by atoms with Crippen molar-refractivity contribution in [2.45, 2.75) is 44.6 Å². The van der Waals surface area contributed by atoms with Crippen LogP contribution in [-0.4, -0.2) is 75.6 Å². The Morgan fingerprint density at radius 2 is 1.88 bits per heavy atom. The minimum Gasteiger partial charge on any atom is -0.493 e. The first kappa shape index (κ1) is 26.3. The van der Waals surface area contributed by atoms with Crippen LogP contribution in [0.2, 0.25) is 0 Å². The number of piperazine rings is 1. The van der Waals surface area contributed by atoms with Gasteiger partial charge in [-0.05, 0) is 74.2 Å². The van der Waals surface area contributed by atoms with Crippen LogP contribution in [-0.2, 0) is 24.1 Å². The zero-order valence-electron chi connectivity index (χ0n) is 23.0. The number of benzene rings is 1. The Balaban J connectivity index is 1.18. The molecule has 1 aliphatic carbocycles. The van der Waals surface area contributed by atoms with Crippen LogP contribution in [0.5, 0.6) is 5.75 Å². The summed E-state index contributed by atoms with van der Waals surface area (Å²) in [6.07, 6.45) is 10.7. The molecule has 0 radical (unpaired) electrons. The molecule has 0 amide bonds. The Morgan fingerprint density at radius 1 is 1.02 bits per heavy atom. The van der Waals surface area contributed by atoms with Crippen LogP contribution >= 0.6 is 0 Å². The summed E-state index contributed by atoms with van der Waals surface area (Å²) in [6, 6.07) is 11.8. The number of nitrogens with zero attached hydrogens (tertiary/aromatic N) is 6. The minimum atomic E-state index is -0.880. The predicted molar refractivity (Wildman–Crippen MR) is 154 cm³/mol. The van der Waals surface area contributed by atoms with Crippen LogP contribution in [0.3, 0.4) is 0 Å². The van der Waals surface area contributed by atoms with Gasteiger partial charge in [0, 0.05) is 55.6 Å². The van der Waals surface area contributed by atoms with Crippen LogP contribution in [0.4, 0.5) is 5.69 Å². The number of ether oxygens (including phenoxy) is 1. The molecule has 0 spiro atoms. The van der Waals surface area contributed by atoms with E-state index in [0.29, 0.717) is 6.61 Å². The second kappa shape index (κ2) is 11.6. The molecule has 9 heteroatoms. The highest BCUT2D eigenvalue weighted by Crippen LogP contribution is 2.30. The van der Waals surface area contributed by atoms with Crippen LogP contribution in [0, 0.1) is 0 Å². The summed E-state index contributed by atoms with van der Waals surface area (Å²) in [7, 11) is 2.13. The van der Waals surface area contributed by atoms with E-state index in [1.807, 2.05) is 24.4 Å². The molecule has 1 aromatic carbocycles. The number of fused-ring (bicyclic) bond motifs is 2. The third-order valence-electron chi connectivity index (χ3n) is 8.09. The van der Waals surface area contributed by atoms with E-state index in [-0.39, 0.29) is 6.42 Å². The van der Waals surface area contributed by atoms with Crippen molar-refractivity contribution in [3.05, 3.63) is 77.5 Å². The molecule has 6 rings (SSSR count). The van der Waals surface area contributed by atoms with E-state index in [1.165, 1.54) is 24.1 Å². The van der Waals surface area contributed by atoms with Crippen molar-refractivity contribution in [2.24, 2.45) is 0 Å². The van der Waals surface area contributed by atoms with Gasteiger partial charge in [0.2, 0.25) is 0 Å². The molecule has 4 heterocycles. The summed E-state index contributed by atoms with van der Waals surface area (Å²) in [4.78, 5) is 25.8. The third-order valence-corrected chi connectivity index (χ3v) is 8.09. The van der Waals surface area contributed by atoms with E-state index in [0.717, 1.165) is 79.0 Å². The van der Waals surface area contributed by atoms with E-state index >= 15 is 0 Å². The average Bonchev–Trinajstić information content (AvgIpc) is 3.39. The molecule has 1 N–H and O–H groups in total. The molecule has 1 saturated heterocycles. The molecule has 3 aromatic heterocycles. The number of carboxylic acid groups (broad SMARTS) is 1. The lowest BCUT2D eigenvalue weighted by Gasteiger charge is -2.34. The molecule has 1 aliphatic heterocycles. The van der Waals surface area contributed by atoms with Gasteiger partial charge < -0.3 is 19.6 Å². The first-order valence-electron chi connectivity index (χ1n) is 14.2. The molecule has 1 fully saturated rings. The van der Waals surface area contributed by atoms with Crippen molar-refractivity contribution < 1.29 is 14.6 Å². The molecule has 40 heavy (non-hydrogen) atoms. The number of likely N-dealkylation sites (N-methyl/N-ethyl adjacent to an activating group) is 1. The van der Waals surface area contributed by atoms with Crippen molar-refractivity contribution in [1.29, 1.82) is 0 Å². The molecule has 2 aliphatic rings. The van der Waals surface area contributed by atoms with Gasteiger partial charge in [0.25, 0.3) is 0 Å². The summed E-state index contributed by atoms with van der Waals surface area (Å²) < 4.78 is 7.88. The number of aromatic nitrogens is 4. The molecule has 0 saturated carbocycles. The summed E-state index contributed by atoms with van der Waals surface area (Å²) in [5, 5.41) is 15.3. The number of hydrogen-bond acceptors (Lipinski definition) is 7. The maximum Gasteiger partial charge on any atom is 0.305 e. The van der Waals surface area contributed by atoms with Gasteiger partial charge in [0.05, 0.1) is 42.7 Å². The number of aliphatic carboxylic acids is 1. The number of pyridine rings is 2. The zero-order chi connectivity index (χ0) is 27.5. The van der Waals surface area contributed by atoms with Gasteiger partial charge in [0.15, 0.2) is 0 Å². The number of carbonyl (C=O) groups is 1. The van der Waals surface area contributed by atoms with E-state index in [4.69, 9.17) is 9.72 Å². The molecule has 0 bridgehead atoms. The highest BCUT2D eigenvalue weighted by Gasteiger charge is 2.23. The quantitative estimate of drug-likeness (QED) is 0.338. The second-order valence-corrected chi connectivity index (χ2v) is 10.9. The van der Waals surface area contributed by atoms with Crippen molar-refractivity contribution in [3.8, 4) is 5.75 Å². The normalized spacial score (nSPS) is 16.6. The van der Waals surface area contributed by atoms with E-state index in [1.54, 1.807) is 17.1 Å². The molecule has 1 atom stereocenters. The molecule has 1 unspecified atom stereocenters. The van der Waals surface area contributed by atoms with Gasteiger partial charge in [-0.3, -0.25) is 19.4 Å². The third kappa shape index (κ3) is 5.79. The second-order valence-electron chi connectivity index (χ2n) is 10.9. The summed E-state index contributed by atoms with van der Waals surface area (Å²) in [5.74, 6) is -0.118. The smallest absolute Gasteiger partial charge is 0.305 e. The van der Waals surface area contributed by atoms with Gasteiger partial charge in [-0.2, -0.15) is 5.10 Å². The lowest BCUT2D eigenvalue weighted by atomic mass is 9.96. The van der Waals surface area contributed by atoms with E-state index in [2.05, 4.69) is 45.1 Å². The Kier molecular flexibility index (Phi) is 7.64. The predicted octanol–water partition coefficient (Wildman–Crippen LogP) is 4.14. The summed E-state index contributed by atoms with van der Waals surface area (Å²) >= 11 is 0. The first-order chi connectivity index (χ1) is 19.5. The lowest BCUT2D eigenvalue weighted by molar-refractivity contribution is -0.137. The molecule has 208 valence electrons.